The van der Waals surface area contributed by atoms with Crippen LogP contribution in [-0.4, -0.2) is 25.0 Å². The molecule has 0 heterocycles. The van der Waals surface area contributed by atoms with E-state index in [4.69, 9.17) is 10.00 Å². The molecule has 1 aliphatic carbocycles. The molecule has 1 amide bonds. The van der Waals surface area contributed by atoms with Crippen LogP contribution in [0.1, 0.15) is 31.2 Å². The van der Waals surface area contributed by atoms with E-state index in [0.717, 1.165) is 12.8 Å². The minimum absolute atomic E-state index is 0.154. The number of amides is 1. The molecule has 144 valence electrons. The molecule has 0 spiro atoms. The van der Waals surface area contributed by atoms with Crippen molar-refractivity contribution in [1.82, 2.24) is 0 Å². The van der Waals surface area contributed by atoms with Crippen LogP contribution in [0, 0.1) is 17.1 Å². The van der Waals surface area contributed by atoms with Crippen LogP contribution >= 0.6 is 0 Å². The van der Waals surface area contributed by atoms with E-state index in [1.807, 2.05) is 6.07 Å². The normalized spacial score (nSPS) is 14.9. The van der Waals surface area contributed by atoms with Crippen molar-refractivity contribution in [2.24, 2.45) is 0 Å². The van der Waals surface area contributed by atoms with Gasteiger partial charge in [-0.25, -0.2) is 4.39 Å². The van der Waals surface area contributed by atoms with E-state index in [-0.39, 0.29) is 6.54 Å². The highest BCUT2D eigenvalue weighted by atomic mass is 19.1. The summed E-state index contributed by atoms with van der Waals surface area (Å²) in [4.78, 5) is 26.8. The van der Waals surface area contributed by atoms with Crippen molar-refractivity contribution in [1.29, 1.82) is 5.26 Å². The Bertz CT molecular complexity index is 886. The molecule has 0 radical (unpaired) electrons. The van der Waals surface area contributed by atoms with Gasteiger partial charge in [-0.2, -0.15) is 5.26 Å². The van der Waals surface area contributed by atoms with Crippen LogP contribution < -0.4 is 4.90 Å². The molecule has 0 saturated heterocycles. The number of hydrogen-bond acceptors (Lipinski definition) is 4. The number of benzene rings is 2. The molecule has 0 unspecified atom stereocenters. The van der Waals surface area contributed by atoms with E-state index < -0.39 is 29.7 Å². The zero-order valence-corrected chi connectivity index (χ0v) is 15.4. The zero-order chi connectivity index (χ0) is 20.0. The molecule has 0 bridgehead atoms. The van der Waals surface area contributed by atoms with Gasteiger partial charge in [0.25, 0.3) is 5.91 Å². The summed E-state index contributed by atoms with van der Waals surface area (Å²) in [6.45, 7) is -0.648. The van der Waals surface area contributed by atoms with Crippen molar-refractivity contribution in [2.45, 2.75) is 31.1 Å². The first-order valence-electron chi connectivity index (χ1n) is 9.23. The summed E-state index contributed by atoms with van der Waals surface area (Å²) in [7, 11) is 0. The number of hydrogen-bond donors (Lipinski definition) is 0. The van der Waals surface area contributed by atoms with Gasteiger partial charge in [0.2, 0.25) is 0 Å². The minimum Gasteiger partial charge on any atom is -0.455 e. The number of anilines is 1. The fourth-order valence-electron chi connectivity index (χ4n) is 3.76. The van der Waals surface area contributed by atoms with E-state index in [1.54, 1.807) is 48.5 Å². The Morgan fingerprint density at radius 1 is 1.07 bits per heavy atom. The smallest absolute Gasteiger partial charge is 0.317 e. The number of halogens is 1. The maximum atomic E-state index is 14.4. The number of esters is 1. The lowest BCUT2D eigenvalue weighted by atomic mass is 9.78. The molecular formula is C22H21FN2O3. The van der Waals surface area contributed by atoms with Crippen LogP contribution in [0.5, 0.6) is 0 Å². The van der Waals surface area contributed by atoms with Crippen molar-refractivity contribution in [2.75, 3.05) is 18.1 Å². The first kappa shape index (κ1) is 19.6. The molecule has 1 fully saturated rings. The highest BCUT2D eigenvalue weighted by Gasteiger charge is 2.46. The second-order valence-corrected chi connectivity index (χ2v) is 6.82. The molecular weight excluding hydrogens is 359 g/mol. The van der Waals surface area contributed by atoms with Crippen LogP contribution in [0.3, 0.4) is 0 Å². The fourth-order valence-corrected chi connectivity index (χ4v) is 3.76. The highest BCUT2D eigenvalue weighted by molar-refractivity contribution is 5.96. The summed E-state index contributed by atoms with van der Waals surface area (Å²) in [5, 5.41) is 9.02. The van der Waals surface area contributed by atoms with Crippen molar-refractivity contribution in [3.8, 4) is 6.07 Å². The van der Waals surface area contributed by atoms with Crippen molar-refractivity contribution >= 4 is 17.6 Å². The van der Waals surface area contributed by atoms with Gasteiger partial charge in [-0.1, -0.05) is 49.2 Å². The summed E-state index contributed by atoms with van der Waals surface area (Å²) in [5.74, 6) is -1.53. The van der Waals surface area contributed by atoms with E-state index in [0.29, 0.717) is 24.1 Å². The number of carbonyl (C=O) groups is 2. The SMILES string of the molecule is N#CCN(C(=O)COC(=O)C1(c2ccccc2F)CCCC1)c1ccccc1. The number of rotatable bonds is 6. The fraction of sp³-hybridized carbons (Fsp3) is 0.318. The molecule has 0 aliphatic heterocycles. The van der Waals surface area contributed by atoms with Crippen molar-refractivity contribution < 1.29 is 18.7 Å². The van der Waals surface area contributed by atoms with Gasteiger partial charge >= 0.3 is 5.97 Å². The molecule has 1 aliphatic rings. The van der Waals surface area contributed by atoms with Crippen LogP contribution in [0.25, 0.3) is 0 Å². The highest BCUT2D eigenvalue weighted by Crippen LogP contribution is 2.43. The Labute approximate surface area is 163 Å². The van der Waals surface area contributed by atoms with E-state index in [9.17, 15) is 14.0 Å². The van der Waals surface area contributed by atoms with Gasteiger partial charge in [-0.3, -0.25) is 14.5 Å². The number of nitrogens with zero attached hydrogens (tertiary/aromatic N) is 2. The maximum absolute atomic E-state index is 14.4. The monoisotopic (exact) mass is 380 g/mol. The Balaban J connectivity index is 1.75. The summed E-state index contributed by atoms with van der Waals surface area (Å²) < 4.78 is 19.7. The topological polar surface area (TPSA) is 70.4 Å². The van der Waals surface area contributed by atoms with Crippen LogP contribution in [0.2, 0.25) is 0 Å². The third kappa shape index (κ3) is 3.89. The number of carbonyl (C=O) groups excluding carboxylic acids is 2. The molecule has 1 saturated carbocycles. The first-order chi connectivity index (χ1) is 13.6. The first-order valence-corrected chi connectivity index (χ1v) is 9.23. The second-order valence-electron chi connectivity index (χ2n) is 6.82. The Kier molecular flexibility index (Phi) is 6.05. The minimum atomic E-state index is -1.06. The standard InChI is InChI=1S/C22H21FN2O3/c23-19-11-5-4-10-18(19)22(12-6-7-13-22)21(27)28-16-20(26)25(15-14-24)17-8-2-1-3-9-17/h1-5,8-11H,6-7,12-13,15-16H2. The Morgan fingerprint density at radius 2 is 1.71 bits per heavy atom. The van der Waals surface area contributed by atoms with Crippen molar-refractivity contribution in [3.05, 3.63) is 66.0 Å². The summed E-state index contributed by atoms with van der Waals surface area (Å²) >= 11 is 0. The summed E-state index contributed by atoms with van der Waals surface area (Å²) in [5.41, 5.74) is -0.185. The molecule has 0 atom stereocenters. The van der Waals surface area contributed by atoms with Gasteiger partial charge in [-0.15, -0.1) is 0 Å². The van der Waals surface area contributed by atoms with Gasteiger partial charge in [0, 0.05) is 11.3 Å². The van der Waals surface area contributed by atoms with Gasteiger partial charge in [-0.05, 0) is 31.0 Å². The van der Waals surface area contributed by atoms with Gasteiger partial charge in [0.15, 0.2) is 6.61 Å². The molecule has 3 rings (SSSR count). The lowest BCUT2D eigenvalue weighted by Crippen LogP contribution is -2.40. The lowest BCUT2D eigenvalue weighted by molar-refractivity contribution is -0.154. The van der Waals surface area contributed by atoms with E-state index in [2.05, 4.69) is 0 Å². The summed E-state index contributed by atoms with van der Waals surface area (Å²) in [6.07, 6.45) is 2.56. The number of ether oxygens (including phenoxy) is 1. The molecule has 0 N–H and O–H groups in total. The van der Waals surface area contributed by atoms with Crippen LogP contribution in [0.4, 0.5) is 10.1 Å². The Hall–Kier alpha value is -3.20. The van der Waals surface area contributed by atoms with E-state index >= 15 is 0 Å². The molecule has 6 heteroatoms. The molecule has 2 aromatic carbocycles. The lowest BCUT2D eigenvalue weighted by Gasteiger charge is -2.28. The molecule has 28 heavy (non-hydrogen) atoms. The van der Waals surface area contributed by atoms with Gasteiger partial charge in [0.05, 0.1) is 11.5 Å². The average molecular weight is 380 g/mol. The number of para-hydroxylation sites is 1. The maximum Gasteiger partial charge on any atom is 0.317 e. The summed E-state index contributed by atoms with van der Waals surface area (Å²) in [6, 6.07) is 16.9. The third-order valence-corrected chi connectivity index (χ3v) is 5.16. The molecule has 2 aromatic rings. The Morgan fingerprint density at radius 3 is 2.36 bits per heavy atom. The third-order valence-electron chi connectivity index (χ3n) is 5.16. The molecule has 5 nitrogen and oxygen atoms in total. The zero-order valence-electron chi connectivity index (χ0n) is 15.4. The van der Waals surface area contributed by atoms with Crippen LogP contribution in [0.15, 0.2) is 54.6 Å². The second kappa shape index (κ2) is 8.66. The molecule has 0 aromatic heterocycles. The van der Waals surface area contributed by atoms with Crippen LogP contribution in [-0.2, 0) is 19.7 Å². The predicted molar refractivity (Wildman–Crippen MR) is 102 cm³/mol. The quantitative estimate of drug-likeness (QED) is 0.565. The van der Waals surface area contributed by atoms with Gasteiger partial charge < -0.3 is 4.74 Å². The predicted octanol–water partition coefficient (Wildman–Crippen LogP) is 3.74. The van der Waals surface area contributed by atoms with E-state index in [1.165, 1.54) is 11.0 Å². The van der Waals surface area contributed by atoms with Gasteiger partial charge in [0.1, 0.15) is 12.4 Å². The number of nitriles is 1. The average Bonchev–Trinajstić information content (AvgIpc) is 3.22. The van der Waals surface area contributed by atoms with Crippen molar-refractivity contribution in [3.63, 3.8) is 0 Å². The largest absolute Gasteiger partial charge is 0.455 e.